The number of hydrogen-bond donors (Lipinski definition) is 0. The van der Waals surface area contributed by atoms with Gasteiger partial charge in [-0.2, -0.15) is 4.31 Å². The van der Waals surface area contributed by atoms with Crippen molar-refractivity contribution in [3.05, 3.63) is 58.8 Å². The molecule has 148 valence electrons. The summed E-state index contributed by atoms with van der Waals surface area (Å²) in [6, 6.07) is 9.79. The number of esters is 1. The highest BCUT2D eigenvalue weighted by atomic mass is 79.9. The van der Waals surface area contributed by atoms with Crippen molar-refractivity contribution in [1.29, 1.82) is 0 Å². The molecule has 6 nitrogen and oxygen atoms in total. The third-order valence-corrected chi connectivity index (χ3v) is 6.94. The number of hydrogen-bond acceptors (Lipinski definition) is 5. The van der Waals surface area contributed by atoms with Crippen molar-refractivity contribution < 1.29 is 17.9 Å². The topological polar surface area (TPSA) is 76.6 Å². The molecule has 0 bridgehead atoms. The molecule has 0 aliphatic carbocycles. The molecule has 8 heteroatoms. The Kier molecular flexibility index (Phi) is 6.98. The second kappa shape index (κ2) is 9.45. The Morgan fingerprint density at radius 2 is 1.75 bits per heavy atom. The van der Waals surface area contributed by atoms with Gasteiger partial charge in [0, 0.05) is 25.4 Å². The number of aromatic nitrogens is 1. The first-order valence-corrected chi connectivity index (χ1v) is 11.3. The molecule has 1 aliphatic rings. The first-order chi connectivity index (χ1) is 13.5. The van der Waals surface area contributed by atoms with Gasteiger partial charge in [-0.25, -0.2) is 18.2 Å². The number of rotatable bonds is 5. The summed E-state index contributed by atoms with van der Waals surface area (Å²) < 4.78 is 32.8. The maximum absolute atomic E-state index is 12.8. The Balaban J connectivity index is 1.66. The fourth-order valence-electron chi connectivity index (χ4n) is 2.94. The lowest BCUT2D eigenvalue weighted by atomic mass is 10.2. The molecule has 1 fully saturated rings. The molecule has 0 radical (unpaired) electrons. The van der Waals surface area contributed by atoms with Gasteiger partial charge in [0.15, 0.2) is 5.75 Å². The highest BCUT2D eigenvalue weighted by Crippen LogP contribution is 2.22. The molecule has 1 saturated heterocycles. The third-order valence-electron chi connectivity index (χ3n) is 4.43. The summed E-state index contributed by atoms with van der Waals surface area (Å²) in [6.45, 7) is 1.14. The molecule has 2 heterocycles. The Morgan fingerprint density at radius 3 is 2.39 bits per heavy atom. The third kappa shape index (κ3) is 5.27. The van der Waals surface area contributed by atoms with E-state index in [0.717, 1.165) is 25.7 Å². The summed E-state index contributed by atoms with van der Waals surface area (Å²) >= 11 is 3.21. The predicted molar refractivity (Wildman–Crippen MR) is 110 cm³/mol. The van der Waals surface area contributed by atoms with Gasteiger partial charge in [-0.3, -0.25) is 0 Å². The zero-order valence-electron chi connectivity index (χ0n) is 15.3. The second-order valence-electron chi connectivity index (χ2n) is 6.43. The zero-order valence-corrected chi connectivity index (χ0v) is 17.7. The highest BCUT2D eigenvalue weighted by molar-refractivity contribution is 9.10. The van der Waals surface area contributed by atoms with Crippen molar-refractivity contribution in [2.45, 2.75) is 30.6 Å². The van der Waals surface area contributed by atoms with E-state index in [9.17, 15) is 13.2 Å². The van der Waals surface area contributed by atoms with Crippen molar-refractivity contribution in [3.8, 4) is 5.75 Å². The van der Waals surface area contributed by atoms with Crippen LogP contribution in [0.3, 0.4) is 0 Å². The summed E-state index contributed by atoms with van der Waals surface area (Å²) in [5.41, 5.74) is 0.706. The van der Waals surface area contributed by atoms with Gasteiger partial charge in [-0.1, -0.05) is 25.0 Å². The summed E-state index contributed by atoms with van der Waals surface area (Å²) in [4.78, 5) is 16.2. The van der Waals surface area contributed by atoms with Gasteiger partial charge in [-0.15, -0.1) is 0 Å². The van der Waals surface area contributed by atoms with E-state index in [1.807, 2.05) is 0 Å². The molecule has 28 heavy (non-hydrogen) atoms. The zero-order chi connectivity index (χ0) is 20.0. The van der Waals surface area contributed by atoms with Gasteiger partial charge in [-0.05, 0) is 64.7 Å². The van der Waals surface area contributed by atoms with Crippen LogP contribution in [0.25, 0.3) is 6.08 Å². The molecular weight excluding hydrogens is 444 g/mol. The quantitative estimate of drug-likeness (QED) is 0.379. The van der Waals surface area contributed by atoms with Gasteiger partial charge in [0.1, 0.15) is 4.60 Å². The van der Waals surface area contributed by atoms with Crippen LogP contribution in [0.4, 0.5) is 0 Å². The van der Waals surface area contributed by atoms with Gasteiger partial charge >= 0.3 is 5.97 Å². The predicted octanol–water partition coefficient (Wildman–Crippen LogP) is 4.03. The molecule has 1 aromatic carbocycles. The number of carbonyl (C=O) groups is 1. The van der Waals surface area contributed by atoms with Crippen molar-refractivity contribution in [2.75, 3.05) is 13.1 Å². The minimum Gasteiger partial charge on any atom is -0.420 e. The molecule has 1 aliphatic heterocycles. The van der Waals surface area contributed by atoms with Crippen LogP contribution in [0.1, 0.15) is 31.2 Å². The minimum atomic E-state index is -3.47. The normalized spacial score (nSPS) is 16.0. The van der Waals surface area contributed by atoms with Crippen molar-refractivity contribution in [1.82, 2.24) is 9.29 Å². The number of nitrogens with zero attached hydrogens (tertiary/aromatic N) is 2. The van der Waals surface area contributed by atoms with E-state index in [2.05, 4.69) is 20.9 Å². The van der Waals surface area contributed by atoms with Crippen LogP contribution in [-0.4, -0.2) is 36.8 Å². The molecule has 0 unspecified atom stereocenters. The van der Waals surface area contributed by atoms with Crippen molar-refractivity contribution >= 4 is 38.0 Å². The highest BCUT2D eigenvalue weighted by Gasteiger charge is 2.24. The summed E-state index contributed by atoms with van der Waals surface area (Å²) in [6.07, 6.45) is 8.39. The van der Waals surface area contributed by atoms with Gasteiger partial charge < -0.3 is 4.74 Å². The Morgan fingerprint density at radius 1 is 1.07 bits per heavy atom. The average molecular weight is 465 g/mol. The lowest BCUT2D eigenvalue weighted by molar-refractivity contribution is -0.128. The van der Waals surface area contributed by atoms with Crippen molar-refractivity contribution in [2.24, 2.45) is 0 Å². The Labute approximate surface area is 173 Å². The number of carbonyl (C=O) groups excluding carboxylic acids is 1. The van der Waals surface area contributed by atoms with Crippen LogP contribution in [0.2, 0.25) is 0 Å². The monoisotopic (exact) mass is 464 g/mol. The van der Waals surface area contributed by atoms with Crippen LogP contribution >= 0.6 is 15.9 Å². The first kappa shape index (κ1) is 20.7. The van der Waals surface area contributed by atoms with E-state index >= 15 is 0 Å². The maximum atomic E-state index is 12.8. The van der Waals surface area contributed by atoms with E-state index < -0.39 is 16.0 Å². The smallest absolute Gasteiger partial charge is 0.336 e. The van der Waals surface area contributed by atoms with E-state index in [1.54, 1.807) is 53.0 Å². The Hall–Kier alpha value is -2.03. The van der Waals surface area contributed by atoms with Crippen molar-refractivity contribution in [3.63, 3.8) is 0 Å². The lowest BCUT2D eigenvalue weighted by Gasteiger charge is -2.19. The minimum absolute atomic E-state index is 0.272. The molecule has 0 atom stereocenters. The van der Waals surface area contributed by atoms with Gasteiger partial charge in [0.25, 0.3) is 0 Å². The van der Waals surface area contributed by atoms with Crippen LogP contribution < -0.4 is 4.74 Å². The van der Waals surface area contributed by atoms with Crippen LogP contribution in [0.15, 0.2) is 58.2 Å². The van der Waals surface area contributed by atoms with E-state index in [0.29, 0.717) is 29.0 Å². The number of pyridine rings is 1. The fraction of sp³-hybridized carbons (Fsp3) is 0.300. The molecule has 0 amide bonds. The number of ether oxygens (including phenoxy) is 1. The van der Waals surface area contributed by atoms with Crippen LogP contribution in [-0.2, 0) is 14.8 Å². The van der Waals surface area contributed by atoms with Crippen LogP contribution in [0.5, 0.6) is 5.75 Å². The number of halogens is 1. The summed E-state index contributed by atoms with van der Waals surface area (Å²) in [5, 5.41) is 0. The van der Waals surface area contributed by atoms with Gasteiger partial charge in [0.2, 0.25) is 10.0 Å². The molecule has 0 saturated carbocycles. The molecule has 0 spiro atoms. The summed E-state index contributed by atoms with van der Waals surface area (Å²) in [7, 11) is -3.47. The SMILES string of the molecule is O=C(/C=C/c1ccc(S(=O)(=O)N2CCCCCC2)cc1)Oc1cccnc1Br. The first-order valence-electron chi connectivity index (χ1n) is 9.07. The van der Waals surface area contributed by atoms with Gasteiger partial charge in [0.05, 0.1) is 4.90 Å². The standard InChI is InChI=1S/C20H21BrN2O4S/c21-20-18(6-5-13-22-20)27-19(24)12-9-16-7-10-17(11-8-16)28(25,26)23-14-3-1-2-4-15-23/h5-13H,1-4,14-15H2/b12-9+. The van der Waals surface area contributed by atoms with Crippen LogP contribution in [0, 0.1) is 0 Å². The van der Waals surface area contributed by atoms with E-state index in [4.69, 9.17) is 4.74 Å². The average Bonchev–Trinajstić information content (AvgIpc) is 2.99. The lowest BCUT2D eigenvalue weighted by Crippen LogP contribution is -2.31. The largest absolute Gasteiger partial charge is 0.420 e. The molecular formula is C20H21BrN2O4S. The number of sulfonamides is 1. The Bertz CT molecular complexity index is 950. The molecule has 3 rings (SSSR count). The molecule has 2 aromatic rings. The fourth-order valence-corrected chi connectivity index (χ4v) is 4.78. The molecule has 0 N–H and O–H groups in total. The summed E-state index contributed by atoms with van der Waals surface area (Å²) in [5.74, 6) is -0.217. The second-order valence-corrected chi connectivity index (χ2v) is 9.12. The van der Waals surface area contributed by atoms with E-state index in [-0.39, 0.29) is 4.90 Å². The maximum Gasteiger partial charge on any atom is 0.336 e. The number of benzene rings is 1. The van der Waals surface area contributed by atoms with E-state index in [1.165, 1.54) is 6.08 Å². The molecule has 1 aromatic heterocycles.